The number of nitrogens with zero attached hydrogens (tertiary/aromatic N) is 1. The minimum atomic E-state index is -0.716. The van der Waals surface area contributed by atoms with Gasteiger partial charge in [-0.05, 0) is 62.4 Å². The molecule has 0 spiro atoms. The lowest BCUT2D eigenvalue weighted by atomic mass is 9.83. The number of benzene rings is 3. The van der Waals surface area contributed by atoms with Gasteiger partial charge >= 0.3 is 0 Å². The summed E-state index contributed by atoms with van der Waals surface area (Å²) in [4.78, 5) is 18.0. The van der Waals surface area contributed by atoms with Crippen LogP contribution in [0, 0.1) is 0 Å². The van der Waals surface area contributed by atoms with Gasteiger partial charge in [-0.15, -0.1) is 0 Å². The third-order valence-electron chi connectivity index (χ3n) is 6.85. The van der Waals surface area contributed by atoms with Crippen LogP contribution in [-0.2, 0) is 22.4 Å². The Kier molecular flexibility index (Phi) is 5.08. The second-order valence-corrected chi connectivity index (χ2v) is 10.4. The highest BCUT2D eigenvalue weighted by atomic mass is 16.5. The average Bonchev–Trinajstić information content (AvgIpc) is 3.32. The number of hydrogen-bond acceptors (Lipinski definition) is 5. The van der Waals surface area contributed by atoms with Gasteiger partial charge in [0.2, 0.25) is 0 Å². The largest absolute Gasteiger partial charge is 0.493 e. The van der Waals surface area contributed by atoms with Crippen LogP contribution < -0.4 is 9.47 Å². The summed E-state index contributed by atoms with van der Waals surface area (Å²) >= 11 is 0. The van der Waals surface area contributed by atoms with Crippen molar-refractivity contribution in [3.05, 3.63) is 65.4 Å². The molecule has 0 unspecified atom stereocenters. The number of ketones is 1. The van der Waals surface area contributed by atoms with Gasteiger partial charge in [0.25, 0.3) is 0 Å². The highest BCUT2D eigenvalue weighted by molar-refractivity contribution is 6.11. The molecule has 6 rings (SSSR count). The predicted octanol–water partition coefficient (Wildman–Crippen LogP) is 6.37. The number of carbonyl (C=O) groups excluding carboxylic acids is 1. The van der Waals surface area contributed by atoms with Crippen LogP contribution in [-0.4, -0.2) is 29.6 Å². The van der Waals surface area contributed by atoms with Gasteiger partial charge in [0.1, 0.15) is 17.6 Å². The highest BCUT2D eigenvalue weighted by Gasteiger charge is 2.35. The van der Waals surface area contributed by atoms with Crippen LogP contribution in [0.5, 0.6) is 11.5 Å². The van der Waals surface area contributed by atoms with Gasteiger partial charge in [0.15, 0.2) is 5.78 Å². The van der Waals surface area contributed by atoms with E-state index in [9.17, 15) is 4.79 Å². The van der Waals surface area contributed by atoms with Crippen molar-refractivity contribution in [2.24, 2.45) is 0 Å². The van der Waals surface area contributed by atoms with E-state index < -0.39 is 11.7 Å². The Morgan fingerprint density at radius 1 is 1.00 bits per heavy atom. The maximum atomic E-state index is 13.2. The molecule has 0 N–H and O–H groups in total. The molecule has 178 valence electrons. The Morgan fingerprint density at radius 2 is 1.77 bits per heavy atom. The van der Waals surface area contributed by atoms with Crippen LogP contribution in [0.25, 0.3) is 32.8 Å². The van der Waals surface area contributed by atoms with E-state index in [0.717, 1.165) is 68.3 Å². The van der Waals surface area contributed by atoms with E-state index in [0.29, 0.717) is 13.2 Å². The molecule has 0 radical (unpaired) electrons. The van der Waals surface area contributed by atoms with Crippen LogP contribution in [0.15, 0.2) is 48.7 Å². The van der Waals surface area contributed by atoms with E-state index in [1.54, 1.807) is 6.92 Å². The first-order chi connectivity index (χ1) is 16.8. The maximum Gasteiger partial charge on any atom is 0.163 e. The summed E-state index contributed by atoms with van der Waals surface area (Å²) in [6.07, 6.45) is 2.75. The van der Waals surface area contributed by atoms with Crippen molar-refractivity contribution in [2.75, 3.05) is 13.2 Å². The summed E-state index contributed by atoms with van der Waals surface area (Å²) in [5, 5.41) is 3.14. The molecule has 5 heteroatoms. The predicted molar refractivity (Wildman–Crippen MR) is 137 cm³/mol. The van der Waals surface area contributed by atoms with Gasteiger partial charge in [-0.25, -0.2) is 0 Å². The van der Waals surface area contributed by atoms with Crippen molar-refractivity contribution in [1.82, 2.24) is 4.98 Å². The number of aromatic nitrogens is 1. The Hall–Kier alpha value is -3.44. The lowest BCUT2D eigenvalue weighted by molar-refractivity contribution is -0.138. The van der Waals surface area contributed by atoms with E-state index in [4.69, 9.17) is 19.2 Å². The van der Waals surface area contributed by atoms with Crippen LogP contribution in [0.3, 0.4) is 0 Å². The van der Waals surface area contributed by atoms with E-state index in [-0.39, 0.29) is 5.78 Å². The van der Waals surface area contributed by atoms with Gasteiger partial charge in [-0.2, -0.15) is 0 Å². The maximum absolute atomic E-state index is 13.2. The number of Topliss-reactive ketones (excluding diaryl/α,β-unsaturated/α-hetero) is 1. The summed E-state index contributed by atoms with van der Waals surface area (Å²) < 4.78 is 18.6. The molecule has 1 aromatic heterocycles. The van der Waals surface area contributed by atoms with Crippen molar-refractivity contribution in [3.63, 3.8) is 0 Å². The van der Waals surface area contributed by atoms with Gasteiger partial charge in [0, 0.05) is 46.5 Å². The molecule has 5 nitrogen and oxygen atoms in total. The second-order valence-electron chi connectivity index (χ2n) is 10.4. The second kappa shape index (κ2) is 8.06. The van der Waals surface area contributed by atoms with Crippen molar-refractivity contribution in [3.8, 4) is 22.6 Å². The topological polar surface area (TPSA) is 57.7 Å². The molecule has 4 aromatic rings. The number of rotatable bonds is 4. The van der Waals surface area contributed by atoms with Gasteiger partial charge in [-0.1, -0.05) is 24.3 Å². The zero-order valence-corrected chi connectivity index (χ0v) is 20.6. The monoisotopic (exact) mass is 467 g/mol. The first kappa shape index (κ1) is 22.1. The van der Waals surface area contributed by atoms with E-state index in [1.165, 1.54) is 5.56 Å². The standard InChI is InChI=1S/C30H29NO4/c1-17(32)28(35-30(2,3)4)26-22-13-16-34-29(22)20-8-6-5-7-19(20)25(26)21-9-10-23-24-18(12-15-33-23)11-14-31-27(21)24/h5-11,14,28H,12-13,15-16H2,1-4H3/t28-/m1/s1. The number of carbonyl (C=O) groups is 1. The molecular formula is C30H29NO4. The van der Waals surface area contributed by atoms with Crippen LogP contribution in [0.1, 0.15) is 50.5 Å². The number of hydrogen-bond donors (Lipinski definition) is 0. The average molecular weight is 468 g/mol. The molecule has 35 heavy (non-hydrogen) atoms. The number of ether oxygens (including phenoxy) is 3. The molecule has 0 saturated carbocycles. The fraction of sp³-hybridized carbons (Fsp3) is 0.333. The van der Waals surface area contributed by atoms with Crippen molar-refractivity contribution in [1.29, 1.82) is 0 Å². The molecule has 3 heterocycles. The zero-order chi connectivity index (χ0) is 24.3. The minimum Gasteiger partial charge on any atom is -0.493 e. The Bertz CT molecular complexity index is 1490. The number of pyridine rings is 1. The smallest absolute Gasteiger partial charge is 0.163 e. The van der Waals surface area contributed by atoms with Crippen LogP contribution >= 0.6 is 0 Å². The molecule has 0 bridgehead atoms. The quantitative estimate of drug-likeness (QED) is 0.349. The summed E-state index contributed by atoms with van der Waals surface area (Å²) in [5.41, 5.74) is 5.57. The molecular weight excluding hydrogens is 438 g/mol. The third kappa shape index (κ3) is 3.57. The summed E-state index contributed by atoms with van der Waals surface area (Å²) in [6, 6.07) is 14.5. The minimum absolute atomic E-state index is 0.0235. The van der Waals surface area contributed by atoms with Gasteiger partial charge < -0.3 is 14.2 Å². The van der Waals surface area contributed by atoms with Crippen molar-refractivity contribution in [2.45, 2.75) is 52.2 Å². The summed E-state index contributed by atoms with van der Waals surface area (Å²) in [6.45, 7) is 8.83. The molecule has 1 atom stereocenters. The molecule has 0 aliphatic carbocycles. The first-order valence-corrected chi connectivity index (χ1v) is 12.3. The van der Waals surface area contributed by atoms with Gasteiger partial charge in [0.05, 0.1) is 24.3 Å². The summed E-state index contributed by atoms with van der Waals surface area (Å²) in [7, 11) is 0. The van der Waals surface area contributed by atoms with Crippen LogP contribution in [0.2, 0.25) is 0 Å². The molecule has 2 aliphatic rings. The molecule has 2 aliphatic heterocycles. The lowest BCUT2D eigenvalue weighted by Crippen LogP contribution is -2.27. The van der Waals surface area contributed by atoms with Crippen molar-refractivity contribution < 1.29 is 19.0 Å². The Labute approximate surface area is 205 Å². The molecule has 0 amide bonds. The van der Waals surface area contributed by atoms with Gasteiger partial charge in [-0.3, -0.25) is 9.78 Å². The lowest BCUT2D eigenvalue weighted by Gasteiger charge is -2.30. The SMILES string of the molecule is CC(=O)[C@@H](OC(C)(C)C)c1c2c(c3ccccc3c1-c1ccc3c4c(ccnc14)CCO3)OCC2. The fourth-order valence-corrected chi connectivity index (χ4v) is 5.53. The highest BCUT2D eigenvalue weighted by Crippen LogP contribution is 2.50. The summed E-state index contributed by atoms with van der Waals surface area (Å²) in [5.74, 6) is 1.70. The van der Waals surface area contributed by atoms with E-state index >= 15 is 0 Å². The fourth-order valence-electron chi connectivity index (χ4n) is 5.53. The normalized spacial score (nSPS) is 15.5. The molecule has 0 saturated heterocycles. The third-order valence-corrected chi connectivity index (χ3v) is 6.85. The number of fused-ring (bicyclic) bond motifs is 3. The van der Waals surface area contributed by atoms with E-state index in [1.807, 2.05) is 45.2 Å². The van der Waals surface area contributed by atoms with Crippen molar-refractivity contribution >= 4 is 27.5 Å². The molecule has 0 fully saturated rings. The Balaban J connectivity index is 1.76. The molecule has 3 aromatic carbocycles. The Morgan fingerprint density at radius 3 is 2.54 bits per heavy atom. The van der Waals surface area contributed by atoms with E-state index in [2.05, 4.69) is 24.3 Å². The zero-order valence-electron chi connectivity index (χ0n) is 20.6. The van der Waals surface area contributed by atoms with Crippen LogP contribution in [0.4, 0.5) is 0 Å². The first-order valence-electron chi connectivity index (χ1n) is 12.3.